The van der Waals surface area contributed by atoms with Crippen molar-refractivity contribution < 1.29 is 28.6 Å². The minimum absolute atomic E-state index is 0.0329. The molecular weight excluding hydrogens is 350 g/mol. The largest absolute Gasteiger partial charge is 0.497 e. The van der Waals surface area contributed by atoms with E-state index in [9.17, 15) is 14.4 Å². The van der Waals surface area contributed by atoms with Crippen LogP contribution >= 0.6 is 0 Å². The molecule has 1 unspecified atom stereocenters. The number of anilines is 1. The van der Waals surface area contributed by atoms with Crippen molar-refractivity contribution in [3.05, 3.63) is 42.0 Å². The SMILES string of the molecule is CCOC(=O)/C=C1\c2cc(OC)ccc2N(C(=O)OC)C12C=CC(=O)CC2. The van der Waals surface area contributed by atoms with Gasteiger partial charge in [-0.2, -0.15) is 0 Å². The van der Waals surface area contributed by atoms with Gasteiger partial charge >= 0.3 is 12.1 Å². The molecule has 0 saturated heterocycles. The van der Waals surface area contributed by atoms with E-state index in [2.05, 4.69) is 0 Å². The molecule has 1 spiro atoms. The van der Waals surface area contributed by atoms with Gasteiger partial charge in [0.2, 0.25) is 0 Å². The number of allylic oxidation sites excluding steroid dienone is 1. The van der Waals surface area contributed by atoms with Crippen molar-refractivity contribution in [3.8, 4) is 5.75 Å². The highest BCUT2D eigenvalue weighted by Crippen LogP contribution is 2.52. The van der Waals surface area contributed by atoms with Crippen LogP contribution in [0.2, 0.25) is 0 Å². The van der Waals surface area contributed by atoms with Crippen LogP contribution in [-0.4, -0.2) is 44.2 Å². The minimum atomic E-state index is -0.998. The number of ether oxygens (including phenoxy) is 3. The van der Waals surface area contributed by atoms with Crippen LogP contribution in [0.15, 0.2) is 36.4 Å². The second kappa shape index (κ2) is 7.26. The lowest BCUT2D eigenvalue weighted by Gasteiger charge is -2.37. The van der Waals surface area contributed by atoms with Gasteiger partial charge < -0.3 is 14.2 Å². The zero-order valence-electron chi connectivity index (χ0n) is 15.5. The molecule has 1 aliphatic carbocycles. The quantitative estimate of drug-likeness (QED) is 0.600. The van der Waals surface area contributed by atoms with Crippen molar-refractivity contribution in [2.45, 2.75) is 25.3 Å². The first-order valence-corrected chi connectivity index (χ1v) is 8.64. The number of carbonyl (C=O) groups is 3. The Bertz CT molecular complexity index is 856. The Morgan fingerprint density at radius 2 is 2.07 bits per heavy atom. The predicted molar refractivity (Wildman–Crippen MR) is 98.6 cm³/mol. The van der Waals surface area contributed by atoms with Crippen molar-refractivity contribution in [3.63, 3.8) is 0 Å². The van der Waals surface area contributed by atoms with E-state index in [1.54, 1.807) is 38.3 Å². The third-order valence-corrected chi connectivity index (χ3v) is 4.80. The molecule has 1 aliphatic heterocycles. The summed E-state index contributed by atoms with van der Waals surface area (Å²) in [6.45, 7) is 1.95. The fourth-order valence-electron chi connectivity index (χ4n) is 3.60. The van der Waals surface area contributed by atoms with Crippen molar-refractivity contribution in [1.29, 1.82) is 0 Å². The van der Waals surface area contributed by atoms with E-state index in [1.807, 2.05) is 0 Å². The fraction of sp³-hybridized carbons (Fsp3) is 0.350. The molecule has 7 heteroatoms. The van der Waals surface area contributed by atoms with Crippen molar-refractivity contribution >= 4 is 29.1 Å². The van der Waals surface area contributed by atoms with Gasteiger partial charge in [-0.15, -0.1) is 0 Å². The molecule has 0 fully saturated rings. The van der Waals surface area contributed by atoms with Crippen LogP contribution in [0.4, 0.5) is 10.5 Å². The second-order valence-electron chi connectivity index (χ2n) is 6.22. The van der Waals surface area contributed by atoms with Gasteiger partial charge in [-0.05, 0) is 43.2 Å². The summed E-state index contributed by atoms with van der Waals surface area (Å²) < 4.78 is 15.4. The highest BCUT2D eigenvalue weighted by Gasteiger charge is 2.51. The molecule has 7 nitrogen and oxygen atoms in total. The molecule has 1 heterocycles. The zero-order chi connectivity index (χ0) is 19.6. The molecule has 0 radical (unpaired) electrons. The number of benzene rings is 1. The van der Waals surface area contributed by atoms with Gasteiger partial charge in [-0.3, -0.25) is 9.69 Å². The average molecular weight is 371 g/mol. The summed E-state index contributed by atoms with van der Waals surface area (Å²) in [6.07, 6.45) is 4.49. The number of fused-ring (bicyclic) bond motifs is 1. The van der Waals surface area contributed by atoms with Crippen molar-refractivity contribution in [2.75, 3.05) is 25.7 Å². The van der Waals surface area contributed by atoms with E-state index in [1.165, 1.54) is 24.2 Å². The number of hydrogen-bond acceptors (Lipinski definition) is 6. The number of carbonyl (C=O) groups excluding carboxylic acids is 3. The molecule has 2 aliphatic rings. The Morgan fingerprint density at radius 1 is 1.30 bits per heavy atom. The maximum absolute atomic E-state index is 12.7. The molecule has 1 atom stereocenters. The zero-order valence-corrected chi connectivity index (χ0v) is 15.5. The lowest BCUT2D eigenvalue weighted by Crippen LogP contribution is -2.49. The van der Waals surface area contributed by atoms with Crippen LogP contribution in [0.25, 0.3) is 5.57 Å². The van der Waals surface area contributed by atoms with Crippen molar-refractivity contribution in [2.24, 2.45) is 0 Å². The first-order chi connectivity index (χ1) is 13.0. The first-order valence-electron chi connectivity index (χ1n) is 8.64. The van der Waals surface area contributed by atoms with Gasteiger partial charge in [-0.1, -0.05) is 6.08 Å². The summed E-state index contributed by atoms with van der Waals surface area (Å²) in [5, 5.41) is 0. The maximum Gasteiger partial charge on any atom is 0.415 e. The molecular formula is C20H21NO6. The molecule has 142 valence electrons. The molecule has 1 aromatic carbocycles. The van der Waals surface area contributed by atoms with Crippen LogP contribution in [0.5, 0.6) is 5.75 Å². The lowest BCUT2D eigenvalue weighted by atomic mass is 9.79. The molecule has 1 aromatic rings. The number of methoxy groups -OCH3 is 2. The standard InChI is InChI=1S/C20H21NO6/c1-4-27-18(23)12-16-15-11-14(25-2)5-6-17(15)21(19(24)26-3)20(16)9-7-13(22)8-10-20/h5-7,9,11-12H,4,8,10H2,1-3H3/b16-12+. The Morgan fingerprint density at radius 3 is 2.67 bits per heavy atom. The summed E-state index contributed by atoms with van der Waals surface area (Å²) in [7, 11) is 2.84. The van der Waals surface area contributed by atoms with Crippen LogP contribution in [0, 0.1) is 0 Å². The van der Waals surface area contributed by atoms with Gasteiger partial charge in [0.25, 0.3) is 0 Å². The topological polar surface area (TPSA) is 82.1 Å². The Hall–Kier alpha value is -3.09. The molecule has 0 bridgehead atoms. The highest BCUT2D eigenvalue weighted by molar-refractivity contribution is 6.10. The minimum Gasteiger partial charge on any atom is -0.497 e. The Balaban J connectivity index is 2.27. The monoisotopic (exact) mass is 371 g/mol. The van der Waals surface area contributed by atoms with E-state index < -0.39 is 17.6 Å². The van der Waals surface area contributed by atoms with Gasteiger partial charge in [0, 0.05) is 18.1 Å². The third-order valence-electron chi connectivity index (χ3n) is 4.80. The lowest BCUT2D eigenvalue weighted by molar-refractivity contribution is -0.137. The van der Waals surface area contributed by atoms with Gasteiger partial charge in [0.15, 0.2) is 5.78 Å². The number of amides is 1. The molecule has 3 rings (SSSR count). The van der Waals surface area contributed by atoms with E-state index in [0.29, 0.717) is 29.0 Å². The number of hydrogen-bond donors (Lipinski definition) is 0. The summed E-state index contributed by atoms with van der Waals surface area (Å²) in [5.41, 5.74) is 0.815. The summed E-state index contributed by atoms with van der Waals surface area (Å²) in [4.78, 5) is 38.2. The van der Waals surface area contributed by atoms with E-state index >= 15 is 0 Å². The predicted octanol–water partition coefficient (Wildman–Crippen LogP) is 2.89. The Labute approximate surface area is 157 Å². The van der Waals surface area contributed by atoms with Crippen molar-refractivity contribution in [1.82, 2.24) is 0 Å². The van der Waals surface area contributed by atoms with Gasteiger partial charge in [0.1, 0.15) is 5.75 Å². The summed E-state index contributed by atoms with van der Waals surface area (Å²) in [6, 6.07) is 5.23. The Kier molecular flexibility index (Phi) is 5.03. The molecule has 0 saturated carbocycles. The van der Waals surface area contributed by atoms with E-state index in [4.69, 9.17) is 14.2 Å². The van der Waals surface area contributed by atoms with E-state index in [-0.39, 0.29) is 18.8 Å². The van der Waals surface area contributed by atoms with Gasteiger partial charge in [0.05, 0.1) is 32.1 Å². The summed E-state index contributed by atoms with van der Waals surface area (Å²) >= 11 is 0. The summed E-state index contributed by atoms with van der Waals surface area (Å²) in [5.74, 6) is 0.0355. The molecule has 27 heavy (non-hydrogen) atoms. The smallest absolute Gasteiger partial charge is 0.415 e. The number of esters is 1. The number of rotatable bonds is 3. The molecule has 0 N–H and O–H groups in total. The van der Waals surface area contributed by atoms with Crippen LogP contribution in [-0.2, 0) is 19.1 Å². The second-order valence-corrected chi connectivity index (χ2v) is 6.22. The fourth-order valence-corrected chi connectivity index (χ4v) is 3.60. The number of ketones is 1. The molecule has 0 aromatic heterocycles. The van der Waals surface area contributed by atoms with Crippen LogP contribution < -0.4 is 9.64 Å². The third kappa shape index (κ3) is 3.09. The first kappa shape index (κ1) is 18.7. The average Bonchev–Trinajstić information content (AvgIpc) is 2.92. The number of nitrogens with zero attached hydrogens (tertiary/aromatic N) is 1. The molecule has 1 amide bonds. The van der Waals surface area contributed by atoms with Crippen LogP contribution in [0.3, 0.4) is 0 Å². The van der Waals surface area contributed by atoms with E-state index in [0.717, 1.165) is 0 Å². The highest BCUT2D eigenvalue weighted by atomic mass is 16.5. The normalized spacial score (nSPS) is 22.1. The van der Waals surface area contributed by atoms with Gasteiger partial charge in [-0.25, -0.2) is 9.59 Å². The van der Waals surface area contributed by atoms with Crippen LogP contribution in [0.1, 0.15) is 25.3 Å². The maximum atomic E-state index is 12.7.